The van der Waals surface area contributed by atoms with E-state index in [0.717, 1.165) is 12.8 Å². The number of rotatable bonds is 9. The van der Waals surface area contributed by atoms with Crippen molar-refractivity contribution >= 4 is 40.0 Å². The van der Waals surface area contributed by atoms with Crippen molar-refractivity contribution < 1.29 is 18.3 Å². The Bertz CT molecular complexity index is 1330. The van der Waals surface area contributed by atoms with Gasteiger partial charge in [-0.25, -0.2) is 9.97 Å². The monoisotopic (exact) mass is 488 g/mol. The molecule has 0 unspecified atom stereocenters. The van der Waals surface area contributed by atoms with E-state index in [9.17, 15) is 13.6 Å². The maximum Gasteiger partial charge on any atom is 0.387 e. The zero-order valence-corrected chi connectivity index (χ0v) is 19.3. The lowest BCUT2D eigenvalue weighted by Gasteiger charge is -2.15. The van der Waals surface area contributed by atoms with Crippen LogP contribution in [-0.2, 0) is 4.79 Å². The molecule has 2 aromatic carbocycles. The maximum atomic E-state index is 13.0. The first-order valence-corrected chi connectivity index (χ1v) is 11.2. The lowest BCUT2D eigenvalue weighted by atomic mass is 10.2. The number of amides is 1. The molecule has 0 saturated carbocycles. The van der Waals surface area contributed by atoms with E-state index in [1.54, 1.807) is 13.0 Å². The van der Waals surface area contributed by atoms with E-state index in [0.29, 0.717) is 23.1 Å². The summed E-state index contributed by atoms with van der Waals surface area (Å²) in [5, 5.41) is 11.4. The predicted molar refractivity (Wildman–Crippen MR) is 126 cm³/mol. The van der Waals surface area contributed by atoms with Gasteiger partial charge < -0.3 is 15.4 Å². The van der Waals surface area contributed by atoms with Gasteiger partial charge in [-0.3, -0.25) is 4.79 Å². The van der Waals surface area contributed by atoms with E-state index >= 15 is 0 Å². The predicted octanol–water partition coefficient (Wildman–Crippen LogP) is 4.92. The van der Waals surface area contributed by atoms with Crippen molar-refractivity contribution in [3.63, 3.8) is 0 Å². The zero-order chi connectivity index (χ0) is 24.2. The molecule has 2 heterocycles. The number of benzene rings is 2. The number of carbonyl (C=O) groups excluding carboxylic acids is 1. The van der Waals surface area contributed by atoms with Gasteiger partial charge in [0.2, 0.25) is 11.9 Å². The number of unbranched alkanes of at least 4 members (excludes halogenated alkanes) is 1. The largest absolute Gasteiger partial charge is 0.434 e. The summed E-state index contributed by atoms with van der Waals surface area (Å²) in [6, 6.07) is 11.1. The topological polar surface area (TPSA) is 93.4 Å². The first-order valence-electron chi connectivity index (χ1n) is 10.8. The molecule has 178 valence electrons. The summed E-state index contributed by atoms with van der Waals surface area (Å²) < 4.78 is 32.1. The number of fused-ring (bicyclic) bond motifs is 3. The molecule has 4 rings (SSSR count). The summed E-state index contributed by atoms with van der Waals surface area (Å²) in [6.07, 6.45) is 1.85. The number of hydrogen-bond donors (Lipinski definition) is 2. The molecule has 34 heavy (non-hydrogen) atoms. The minimum absolute atomic E-state index is 0.145. The van der Waals surface area contributed by atoms with E-state index in [1.165, 1.54) is 16.6 Å². The van der Waals surface area contributed by atoms with E-state index in [2.05, 4.69) is 30.4 Å². The van der Waals surface area contributed by atoms with Crippen LogP contribution >= 0.6 is 11.6 Å². The highest BCUT2D eigenvalue weighted by Gasteiger charge is 2.21. The van der Waals surface area contributed by atoms with Gasteiger partial charge in [-0.1, -0.05) is 37.1 Å². The highest BCUT2D eigenvalue weighted by Crippen LogP contribution is 2.33. The van der Waals surface area contributed by atoms with Gasteiger partial charge in [-0.2, -0.15) is 13.3 Å². The number of carbonyl (C=O) groups is 1. The second-order valence-corrected chi connectivity index (χ2v) is 8.09. The molecule has 2 N–H and O–H groups in total. The van der Waals surface area contributed by atoms with Crippen LogP contribution < -0.4 is 15.4 Å². The fraction of sp³-hybridized carbons (Fsp3) is 0.304. The van der Waals surface area contributed by atoms with Gasteiger partial charge in [-0.15, -0.1) is 5.10 Å². The Morgan fingerprint density at radius 3 is 2.76 bits per heavy atom. The molecule has 0 radical (unpaired) electrons. The van der Waals surface area contributed by atoms with Crippen LogP contribution in [0.3, 0.4) is 0 Å². The van der Waals surface area contributed by atoms with Crippen LogP contribution in [0.1, 0.15) is 26.7 Å². The highest BCUT2D eigenvalue weighted by atomic mass is 35.5. The average molecular weight is 489 g/mol. The molecule has 0 aliphatic heterocycles. The van der Waals surface area contributed by atoms with Crippen LogP contribution in [0.2, 0.25) is 5.02 Å². The van der Waals surface area contributed by atoms with Crippen molar-refractivity contribution in [2.45, 2.75) is 39.3 Å². The molecule has 8 nitrogen and oxygen atoms in total. The minimum atomic E-state index is -3.04. The standard InChI is InChI=1S/C23H23ClF2N6O2/c1-3-4-11-27-21(33)13(2)28-23-29-17-8-6-5-7-15(17)20-30-19(31-32(20)23)16-10-9-14(24)12-18(16)34-22(25)26/h5-10,12-13,22H,3-4,11H2,1-2H3,(H,27,33)(H,28,29)/t13-/m1/s1. The van der Waals surface area contributed by atoms with Crippen molar-refractivity contribution in [2.75, 3.05) is 11.9 Å². The summed E-state index contributed by atoms with van der Waals surface area (Å²) >= 11 is 5.97. The molecule has 1 amide bonds. The van der Waals surface area contributed by atoms with Gasteiger partial charge in [0.05, 0.1) is 11.1 Å². The Morgan fingerprint density at radius 2 is 2.00 bits per heavy atom. The van der Waals surface area contributed by atoms with Gasteiger partial charge in [0, 0.05) is 17.0 Å². The van der Waals surface area contributed by atoms with Crippen LogP contribution in [0, 0.1) is 0 Å². The van der Waals surface area contributed by atoms with Gasteiger partial charge in [0.25, 0.3) is 0 Å². The maximum absolute atomic E-state index is 13.0. The molecule has 11 heteroatoms. The molecule has 0 spiro atoms. The van der Waals surface area contributed by atoms with Crippen LogP contribution in [0.15, 0.2) is 42.5 Å². The number of ether oxygens (including phenoxy) is 1. The molecular weight excluding hydrogens is 466 g/mol. The molecule has 0 aliphatic rings. The molecule has 2 aromatic heterocycles. The normalized spacial score (nSPS) is 12.3. The molecule has 0 fully saturated rings. The van der Waals surface area contributed by atoms with Crippen molar-refractivity contribution in [1.29, 1.82) is 0 Å². The first kappa shape index (κ1) is 23.6. The molecule has 0 bridgehead atoms. The fourth-order valence-corrected chi connectivity index (χ4v) is 3.60. The van der Waals surface area contributed by atoms with Crippen LogP contribution in [0.4, 0.5) is 14.7 Å². The van der Waals surface area contributed by atoms with Gasteiger partial charge >= 0.3 is 6.61 Å². The number of anilines is 1. The van der Waals surface area contributed by atoms with Gasteiger partial charge in [-0.05, 0) is 43.7 Å². The molecule has 0 saturated heterocycles. The minimum Gasteiger partial charge on any atom is -0.434 e. The highest BCUT2D eigenvalue weighted by molar-refractivity contribution is 6.30. The number of nitrogens with one attached hydrogen (secondary N) is 2. The summed E-state index contributed by atoms with van der Waals surface area (Å²) in [7, 11) is 0. The Labute approximate surface area is 199 Å². The smallest absolute Gasteiger partial charge is 0.387 e. The summed E-state index contributed by atoms with van der Waals surface area (Å²) in [4.78, 5) is 21.7. The van der Waals surface area contributed by atoms with E-state index in [4.69, 9.17) is 11.6 Å². The van der Waals surface area contributed by atoms with Crippen LogP contribution in [-0.4, -0.2) is 44.7 Å². The number of aromatic nitrogens is 4. The second-order valence-electron chi connectivity index (χ2n) is 7.65. The fourth-order valence-electron chi connectivity index (χ4n) is 3.44. The van der Waals surface area contributed by atoms with E-state index < -0.39 is 12.7 Å². The van der Waals surface area contributed by atoms with Crippen LogP contribution in [0.25, 0.3) is 27.9 Å². The lowest BCUT2D eigenvalue weighted by molar-refractivity contribution is -0.121. The summed E-state index contributed by atoms with van der Waals surface area (Å²) in [6.45, 7) is 1.31. The Balaban J connectivity index is 1.79. The number of para-hydroxylation sites is 1. The summed E-state index contributed by atoms with van der Waals surface area (Å²) in [5.41, 5.74) is 1.32. The Morgan fingerprint density at radius 1 is 1.21 bits per heavy atom. The number of nitrogens with zero attached hydrogens (tertiary/aromatic N) is 4. The molecule has 1 atom stereocenters. The Hall–Kier alpha value is -3.53. The number of alkyl halides is 2. The quantitative estimate of drug-likeness (QED) is 0.325. The van der Waals surface area contributed by atoms with Crippen molar-refractivity contribution in [3.05, 3.63) is 47.5 Å². The molecule has 4 aromatic rings. The summed E-state index contributed by atoms with van der Waals surface area (Å²) in [5.74, 6) is 0.112. The third kappa shape index (κ3) is 5.01. The Kier molecular flexibility index (Phi) is 7.06. The second kappa shape index (κ2) is 10.2. The van der Waals surface area contributed by atoms with E-state index in [1.807, 2.05) is 31.2 Å². The molecule has 0 aliphatic carbocycles. The average Bonchev–Trinajstić information content (AvgIpc) is 3.24. The zero-order valence-electron chi connectivity index (χ0n) is 18.6. The third-order valence-electron chi connectivity index (χ3n) is 5.15. The SMILES string of the molecule is CCCCNC(=O)[C@@H](C)Nc1nc2ccccc2c2nc(-c3ccc(Cl)cc3OC(F)F)nn12. The number of halogens is 3. The van der Waals surface area contributed by atoms with Crippen LogP contribution in [0.5, 0.6) is 5.75 Å². The van der Waals surface area contributed by atoms with Gasteiger partial charge in [0.15, 0.2) is 11.5 Å². The van der Waals surface area contributed by atoms with E-state index in [-0.39, 0.29) is 34.0 Å². The lowest BCUT2D eigenvalue weighted by Crippen LogP contribution is -2.38. The molecular formula is C23H23ClF2N6O2. The first-order chi connectivity index (χ1) is 16.4. The third-order valence-corrected chi connectivity index (χ3v) is 5.38. The van der Waals surface area contributed by atoms with Crippen molar-refractivity contribution in [2.24, 2.45) is 0 Å². The van der Waals surface area contributed by atoms with Crippen molar-refractivity contribution in [3.8, 4) is 17.1 Å². The number of hydrogen-bond acceptors (Lipinski definition) is 6. The van der Waals surface area contributed by atoms with Gasteiger partial charge in [0.1, 0.15) is 11.8 Å². The van der Waals surface area contributed by atoms with Crippen molar-refractivity contribution in [1.82, 2.24) is 24.9 Å².